The molecule has 1 saturated carbocycles. The SMILES string of the molecule is COc1ccc(CCn2nnc3cc(NC(C=N[C@H]4CCC(C)(C)C[C@@H]4C)N4C[C@@H](C)N[C@@H](C)C4)ccc3c2=O)c(F)c1. The van der Waals surface area contributed by atoms with E-state index in [1.54, 1.807) is 18.2 Å². The molecule has 2 fully saturated rings. The van der Waals surface area contributed by atoms with Gasteiger partial charge in [0.15, 0.2) is 0 Å². The molecule has 2 N–H and O–H groups in total. The first-order chi connectivity index (χ1) is 20.5. The van der Waals surface area contributed by atoms with E-state index >= 15 is 0 Å². The first-order valence-electron chi connectivity index (χ1n) is 15.5. The summed E-state index contributed by atoms with van der Waals surface area (Å²) in [6.07, 6.45) is 5.79. The van der Waals surface area contributed by atoms with Crippen molar-refractivity contribution in [3.63, 3.8) is 0 Å². The zero-order valence-corrected chi connectivity index (χ0v) is 26.3. The Morgan fingerprint density at radius 3 is 2.65 bits per heavy atom. The number of methoxy groups -OCH3 is 1. The van der Waals surface area contributed by atoms with Crippen molar-refractivity contribution in [2.75, 3.05) is 25.5 Å². The lowest BCUT2D eigenvalue weighted by Gasteiger charge is -2.41. The number of aromatic nitrogens is 3. The van der Waals surface area contributed by atoms with Crippen LogP contribution >= 0.6 is 0 Å². The molecule has 0 amide bonds. The van der Waals surface area contributed by atoms with Gasteiger partial charge in [0.05, 0.1) is 25.1 Å². The van der Waals surface area contributed by atoms with Crippen molar-refractivity contribution in [1.82, 2.24) is 25.2 Å². The van der Waals surface area contributed by atoms with Gasteiger partial charge in [-0.25, -0.2) is 9.07 Å². The van der Waals surface area contributed by atoms with E-state index in [0.29, 0.717) is 58.1 Å². The lowest BCUT2D eigenvalue weighted by molar-refractivity contribution is 0.160. The monoisotopic (exact) mass is 591 g/mol. The van der Waals surface area contributed by atoms with Crippen molar-refractivity contribution < 1.29 is 9.13 Å². The molecule has 43 heavy (non-hydrogen) atoms. The van der Waals surface area contributed by atoms with E-state index in [1.165, 1.54) is 30.7 Å². The van der Waals surface area contributed by atoms with E-state index in [2.05, 4.69) is 66.7 Å². The van der Waals surface area contributed by atoms with Crippen molar-refractivity contribution in [3.8, 4) is 5.75 Å². The Morgan fingerprint density at radius 1 is 1.19 bits per heavy atom. The maximum atomic E-state index is 14.4. The van der Waals surface area contributed by atoms with Crippen LogP contribution in [0.25, 0.3) is 10.9 Å². The summed E-state index contributed by atoms with van der Waals surface area (Å²) in [4.78, 5) is 20.8. The van der Waals surface area contributed by atoms with Crippen molar-refractivity contribution >= 4 is 22.8 Å². The number of anilines is 1. The second-order valence-electron chi connectivity index (χ2n) is 13.3. The minimum Gasteiger partial charge on any atom is -0.497 e. The van der Waals surface area contributed by atoms with Crippen molar-refractivity contribution in [3.05, 3.63) is 58.1 Å². The molecule has 3 aromatic rings. The van der Waals surface area contributed by atoms with E-state index in [4.69, 9.17) is 9.73 Å². The summed E-state index contributed by atoms with van der Waals surface area (Å²) in [5.74, 6) is 0.626. The summed E-state index contributed by atoms with van der Waals surface area (Å²) < 4.78 is 20.8. The van der Waals surface area contributed by atoms with Gasteiger partial charge in [0.25, 0.3) is 5.56 Å². The molecule has 0 bridgehead atoms. The lowest BCUT2D eigenvalue weighted by Crippen LogP contribution is -2.59. The Kier molecular flexibility index (Phi) is 9.46. The molecule has 2 aromatic carbocycles. The third-order valence-corrected chi connectivity index (χ3v) is 8.94. The van der Waals surface area contributed by atoms with Gasteiger partial charge in [0, 0.05) is 43.1 Å². The van der Waals surface area contributed by atoms with Crippen LogP contribution in [0.1, 0.15) is 59.4 Å². The fourth-order valence-electron chi connectivity index (χ4n) is 6.73. The highest BCUT2D eigenvalue weighted by Gasteiger charge is 2.32. The molecular weight excluding hydrogens is 545 g/mol. The van der Waals surface area contributed by atoms with Gasteiger partial charge in [0.1, 0.15) is 23.2 Å². The molecule has 0 radical (unpaired) electrons. The molecule has 1 saturated heterocycles. The summed E-state index contributed by atoms with van der Waals surface area (Å²) in [5.41, 5.74) is 1.99. The molecule has 5 atom stereocenters. The highest BCUT2D eigenvalue weighted by atomic mass is 19.1. The fraction of sp³-hybridized carbons (Fsp3) is 0.576. The van der Waals surface area contributed by atoms with Gasteiger partial charge in [-0.1, -0.05) is 32.1 Å². The number of aliphatic imine (C=N–C) groups is 1. The Hall–Kier alpha value is -3.37. The first-order valence-corrected chi connectivity index (χ1v) is 15.5. The maximum Gasteiger partial charge on any atom is 0.277 e. The molecule has 9 nitrogen and oxygen atoms in total. The van der Waals surface area contributed by atoms with Crippen LogP contribution in [0.3, 0.4) is 0 Å². The van der Waals surface area contributed by atoms with Gasteiger partial charge in [-0.05, 0) is 80.7 Å². The number of ether oxygens (including phenoxy) is 1. The number of nitrogens with one attached hydrogen (secondary N) is 2. The molecular formula is C33H46FN7O2. The normalized spacial score (nSPS) is 25.2. The Bertz CT molecular complexity index is 1500. The van der Waals surface area contributed by atoms with Gasteiger partial charge in [0.2, 0.25) is 0 Å². The van der Waals surface area contributed by atoms with E-state index in [-0.39, 0.29) is 24.1 Å². The fourth-order valence-corrected chi connectivity index (χ4v) is 6.73. The van der Waals surface area contributed by atoms with Crippen LogP contribution in [0.2, 0.25) is 0 Å². The average molecular weight is 592 g/mol. The van der Waals surface area contributed by atoms with Crippen LogP contribution in [0.15, 0.2) is 46.2 Å². The highest BCUT2D eigenvalue weighted by molar-refractivity contribution is 5.81. The van der Waals surface area contributed by atoms with E-state index in [1.807, 2.05) is 12.1 Å². The summed E-state index contributed by atoms with van der Waals surface area (Å²) in [6, 6.07) is 11.4. The second kappa shape index (κ2) is 13.1. The zero-order chi connectivity index (χ0) is 30.7. The van der Waals surface area contributed by atoms with Gasteiger partial charge in [-0.15, -0.1) is 5.10 Å². The van der Waals surface area contributed by atoms with Crippen LogP contribution in [0, 0.1) is 17.2 Å². The lowest BCUT2D eigenvalue weighted by atomic mass is 9.71. The van der Waals surface area contributed by atoms with E-state index in [0.717, 1.165) is 25.2 Å². The molecule has 232 valence electrons. The molecule has 5 rings (SSSR count). The van der Waals surface area contributed by atoms with Gasteiger partial charge < -0.3 is 15.4 Å². The molecule has 1 aromatic heterocycles. The topological polar surface area (TPSA) is 96.7 Å². The molecule has 1 aliphatic heterocycles. The summed E-state index contributed by atoms with van der Waals surface area (Å²) in [7, 11) is 1.50. The average Bonchev–Trinajstić information content (AvgIpc) is 2.95. The standard InChI is InChI=1S/C33H46FN7O2/c1-21-17-33(4,5)13-11-29(21)35-18-31(40-19-22(2)36-23(3)20-40)37-25-8-10-27-30(15-25)38-39-41(32(27)42)14-12-24-7-9-26(43-6)16-28(24)34/h7-10,15-16,18,21-23,29,31,36-37H,11-14,17,19-20H2,1-6H3/t21-,22-,23+,29-,31?/m0/s1. The molecule has 1 aliphatic carbocycles. The predicted octanol–water partition coefficient (Wildman–Crippen LogP) is 4.89. The Morgan fingerprint density at radius 2 is 1.95 bits per heavy atom. The second-order valence-corrected chi connectivity index (χ2v) is 13.3. The van der Waals surface area contributed by atoms with E-state index < -0.39 is 0 Å². The minimum atomic E-state index is -0.370. The van der Waals surface area contributed by atoms with Crippen molar-refractivity contribution in [2.45, 2.75) is 91.1 Å². The molecule has 2 aliphatic rings. The summed E-state index contributed by atoms with van der Waals surface area (Å²) >= 11 is 0. The maximum absolute atomic E-state index is 14.4. The Labute approximate surface area is 253 Å². The molecule has 2 heterocycles. The van der Waals surface area contributed by atoms with Gasteiger partial charge in [-0.3, -0.25) is 14.7 Å². The highest BCUT2D eigenvalue weighted by Crippen LogP contribution is 2.39. The third kappa shape index (κ3) is 7.59. The number of fused-ring (bicyclic) bond motifs is 1. The molecule has 1 unspecified atom stereocenters. The van der Waals surface area contributed by atoms with Crippen LogP contribution in [-0.2, 0) is 13.0 Å². The predicted molar refractivity (Wildman–Crippen MR) is 171 cm³/mol. The van der Waals surface area contributed by atoms with Crippen LogP contribution in [0.4, 0.5) is 10.1 Å². The number of hydrogen-bond donors (Lipinski definition) is 2. The Balaban J connectivity index is 1.34. The van der Waals surface area contributed by atoms with Crippen LogP contribution < -0.4 is 20.9 Å². The summed E-state index contributed by atoms with van der Waals surface area (Å²) in [6.45, 7) is 13.5. The molecule has 0 spiro atoms. The number of piperazine rings is 1. The minimum absolute atomic E-state index is 0.0979. The summed E-state index contributed by atoms with van der Waals surface area (Å²) in [5, 5.41) is 16.3. The number of halogens is 1. The third-order valence-electron chi connectivity index (χ3n) is 8.94. The number of nitrogens with zero attached hydrogens (tertiary/aromatic N) is 5. The smallest absolute Gasteiger partial charge is 0.277 e. The van der Waals surface area contributed by atoms with Gasteiger partial charge >= 0.3 is 0 Å². The first kappa shape index (κ1) is 31.1. The van der Waals surface area contributed by atoms with Crippen LogP contribution in [-0.4, -0.2) is 70.6 Å². The van der Waals surface area contributed by atoms with E-state index in [9.17, 15) is 9.18 Å². The number of hydrogen-bond acceptors (Lipinski definition) is 8. The van der Waals surface area contributed by atoms with Crippen molar-refractivity contribution in [2.24, 2.45) is 16.3 Å². The van der Waals surface area contributed by atoms with Crippen LogP contribution in [0.5, 0.6) is 5.75 Å². The quantitative estimate of drug-likeness (QED) is 0.342. The largest absolute Gasteiger partial charge is 0.497 e. The zero-order valence-electron chi connectivity index (χ0n) is 26.3. The molecule has 10 heteroatoms. The number of rotatable bonds is 9. The van der Waals surface area contributed by atoms with Crippen molar-refractivity contribution in [1.29, 1.82) is 0 Å². The van der Waals surface area contributed by atoms with Gasteiger partial charge in [-0.2, -0.15) is 0 Å². The number of aryl methyl sites for hydroxylation is 2. The number of benzene rings is 2.